The highest BCUT2D eigenvalue weighted by molar-refractivity contribution is 5.85. The van der Waals surface area contributed by atoms with Gasteiger partial charge in [-0.3, -0.25) is 4.94 Å². The first-order valence-corrected chi connectivity index (χ1v) is 6.39. The van der Waals surface area contributed by atoms with E-state index in [1.54, 1.807) is 0 Å². The van der Waals surface area contributed by atoms with Gasteiger partial charge in [0.25, 0.3) is 0 Å². The molecule has 0 aliphatic carbocycles. The van der Waals surface area contributed by atoms with Crippen molar-refractivity contribution in [1.29, 1.82) is 0 Å². The smallest absolute Gasteiger partial charge is 0.182 e. The number of amidine groups is 1. The first kappa shape index (κ1) is 15.3. The predicted octanol–water partition coefficient (Wildman–Crippen LogP) is 1.50. The van der Waals surface area contributed by atoms with Crippen molar-refractivity contribution in [3.63, 3.8) is 0 Å². The fourth-order valence-electron chi connectivity index (χ4n) is 2.20. The van der Waals surface area contributed by atoms with Gasteiger partial charge in [0.15, 0.2) is 5.75 Å². The Morgan fingerprint density at radius 3 is 2.95 bits per heavy atom. The van der Waals surface area contributed by atoms with Gasteiger partial charge in [-0.05, 0) is 0 Å². The number of benzene rings is 1. The lowest BCUT2D eigenvalue weighted by Gasteiger charge is -2.13. The minimum absolute atomic E-state index is 0.0750. The van der Waals surface area contributed by atoms with Crippen LogP contribution in [0.1, 0.15) is 17.9 Å². The van der Waals surface area contributed by atoms with Gasteiger partial charge in [0.05, 0.1) is 13.7 Å². The van der Waals surface area contributed by atoms with Gasteiger partial charge in [-0.25, -0.2) is 4.39 Å². The summed E-state index contributed by atoms with van der Waals surface area (Å²) >= 11 is 0. The van der Waals surface area contributed by atoms with Crippen LogP contribution in [0.3, 0.4) is 0 Å². The third kappa shape index (κ3) is 3.52. The Kier molecular flexibility index (Phi) is 5.15. The molecule has 21 heavy (non-hydrogen) atoms. The molecule has 1 atom stereocenters. The molecule has 0 saturated carbocycles. The normalized spacial score (nSPS) is 19.4. The Morgan fingerprint density at radius 2 is 2.29 bits per heavy atom. The summed E-state index contributed by atoms with van der Waals surface area (Å²) in [5.74, 6) is -0.468. The van der Waals surface area contributed by atoms with Crippen LogP contribution in [0.4, 0.5) is 8.92 Å². The average molecular weight is 302 g/mol. The van der Waals surface area contributed by atoms with E-state index in [9.17, 15) is 8.92 Å². The molecule has 116 valence electrons. The van der Waals surface area contributed by atoms with Crippen LogP contribution in [0.15, 0.2) is 17.3 Å². The minimum atomic E-state index is -0.605. The number of methoxy groups -OCH3 is 1. The van der Waals surface area contributed by atoms with E-state index in [1.165, 1.54) is 19.2 Å². The van der Waals surface area contributed by atoms with Crippen molar-refractivity contribution < 1.29 is 28.5 Å². The highest BCUT2D eigenvalue weighted by atomic mass is 19.3. The molecule has 0 amide bonds. The second kappa shape index (κ2) is 7.07. The standard InChI is InChI=1S/C13H16F2N2O4/c1-19-9-5-10(14)13(11(6-9)21-15)8-4-12(16-7-8)17-20-3-2-18/h5-6,8,18H,2-4,7H2,1H3,(H,16,17). The molecule has 0 radical (unpaired) electrons. The summed E-state index contributed by atoms with van der Waals surface area (Å²) in [6, 6.07) is 2.46. The van der Waals surface area contributed by atoms with Crippen LogP contribution < -0.4 is 15.0 Å². The molecule has 1 heterocycles. The summed E-state index contributed by atoms with van der Waals surface area (Å²) < 4.78 is 31.6. The predicted molar refractivity (Wildman–Crippen MR) is 70.5 cm³/mol. The number of halogens is 2. The number of oxime groups is 1. The number of rotatable bonds is 6. The van der Waals surface area contributed by atoms with Gasteiger partial charge in [0, 0.05) is 41.1 Å². The van der Waals surface area contributed by atoms with Crippen LogP contribution in [0.25, 0.3) is 0 Å². The molecule has 0 spiro atoms. The Hall–Kier alpha value is -2.09. The van der Waals surface area contributed by atoms with E-state index in [-0.39, 0.29) is 36.2 Å². The zero-order valence-corrected chi connectivity index (χ0v) is 11.4. The van der Waals surface area contributed by atoms with Crippen LogP contribution in [0.5, 0.6) is 11.5 Å². The SMILES string of the molecule is COc1cc(F)c(C2CN/C(=N\OCCO)C2)c(OF)c1. The second-order valence-corrected chi connectivity index (χ2v) is 4.47. The van der Waals surface area contributed by atoms with Crippen LogP contribution in [0, 0.1) is 5.82 Å². The topological polar surface area (TPSA) is 72.3 Å². The number of ether oxygens (including phenoxy) is 1. The van der Waals surface area contributed by atoms with Gasteiger partial charge in [0.2, 0.25) is 0 Å². The maximum absolute atomic E-state index is 14.1. The molecular formula is C13H16F2N2O4. The summed E-state index contributed by atoms with van der Waals surface area (Å²) in [5.41, 5.74) is 0.123. The third-order valence-corrected chi connectivity index (χ3v) is 3.14. The molecule has 1 aliphatic heterocycles. The van der Waals surface area contributed by atoms with E-state index >= 15 is 0 Å². The first-order chi connectivity index (χ1) is 10.2. The summed E-state index contributed by atoms with van der Waals surface area (Å²) in [4.78, 5) is 8.59. The van der Waals surface area contributed by atoms with Crippen LogP contribution in [0.2, 0.25) is 0 Å². The monoisotopic (exact) mass is 302 g/mol. The average Bonchev–Trinajstić information content (AvgIpc) is 2.94. The van der Waals surface area contributed by atoms with Crippen molar-refractivity contribution in [1.82, 2.24) is 5.32 Å². The number of aliphatic hydroxyl groups is 1. The molecule has 2 N–H and O–H groups in total. The van der Waals surface area contributed by atoms with E-state index in [1.807, 2.05) is 0 Å². The largest absolute Gasteiger partial charge is 0.497 e. The van der Waals surface area contributed by atoms with Crippen molar-refractivity contribution in [3.05, 3.63) is 23.5 Å². The molecule has 2 rings (SSSR count). The fourth-order valence-corrected chi connectivity index (χ4v) is 2.20. The summed E-state index contributed by atoms with van der Waals surface area (Å²) in [6.07, 6.45) is 0.352. The molecule has 1 fully saturated rings. The van der Waals surface area contributed by atoms with Gasteiger partial charge in [-0.1, -0.05) is 5.16 Å². The van der Waals surface area contributed by atoms with Gasteiger partial charge in [-0.2, -0.15) is 0 Å². The highest BCUT2D eigenvalue weighted by Gasteiger charge is 2.29. The molecule has 1 aromatic carbocycles. The fraction of sp³-hybridized carbons (Fsp3) is 0.462. The van der Waals surface area contributed by atoms with Gasteiger partial charge >= 0.3 is 0 Å². The van der Waals surface area contributed by atoms with Crippen molar-refractivity contribution in [2.75, 3.05) is 26.9 Å². The van der Waals surface area contributed by atoms with E-state index in [2.05, 4.69) is 15.4 Å². The Balaban J connectivity index is 2.17. The molecule has 8 heteroatoms. The molecule has 1 aromatic rings. The van der Waals surface area contributed by atoms with Crippen LogP contribution >= 0.6 is 0 Å². The van der Waals surface area contributed by atoms with Crippen molar-refractivity contribution in [2.24, 2.45) is 5.16 Å². The Morgan fingerprint density at radius 1 is 1.48 bits per heavy atom. The first-order valence-electron chi connectivity index (χ1n) is 6.39. The van der Waals surface area contributed by atoms with Crippen LogP contribution in [-0.2, 0) is 4.84 Å². The van der Waals surface area contributed by atoms with E-state index in [4.69, 9.17) is 14.7 Å². The molecule has 0 aromatic heterocycles. The quantitative estimate of drug-likeness (QED) is 0.615. The molecule has 1 aliphatic rings. The van der Waals surface area contributed by atoms with E-state index in [0.717, 1.165) is 0 Å². The maximum atomic E-state index is 14.1. The summed E-state index contributed by atoms with van der Waals surface area (Å²) in [6.45, 7) is 0.305. The maximum Gasteiger partial charge on any atom is 0.182 e. The number of nitrogens with zero attached hydrogens (tertiary/aromatic N) is 1. The number of hydrogen-bond acceptors (Lipinski definition) is 5. The van der Waals surface area contributed by atoms with E-state index in [0.29, 0.717) is 18.8 Å². The van der Waals surface area contributed by atoms with Gasteiger partial charge in [0.1, 0.15) is 24.0 Å². The lowest BCUT2D eigenvalue weighted by molar-refractivity contribution is -0.00833. The molecular weight excluding hydrogens is 286 g/mol. The minimum Gasteiger partial charge on any atom is -0.497 e. The molecule has 0 bridgehead atoms. The number of hydrogen-bond donors (Lipinski definition) is 2. The van der Waals surface area contributed by atoms with Crippen molar-refractivity contribution in [3.8, 4) is 11.5 Å². The third-order valence-electron chi connectivity index (χ3n) is 3.14. The Labute approximate surface area is 120 Å². The lowest BCUT2D eigenvalue weighted by atomic mass is 9.96. The highest BCUT2D eigenvalue weighted by Crippen LogP contribution is 2.36. The lowest BCUT2D eigenvalue weighted by Crippen LogP contribution is -2.15. The van der Waals surface area contributed by atoms with Crippen molar-refractivity contribution in [2.45, 2.75) is 12.3 Å². The summed E-state index contributed by atoms with van der Waals surface area (Å²) in [7, 11) is 1.36. The second-order valence-electron chi connectivity index (χ2n) is 4.47. The van der Waals surface area contributed by atoms with Gasteiger partial charge < -0.3 is 20.0 Å². The molecule has 6 nitrogen and oxygen atoms in total. The van der Waals surface area contributed by atoms with Crippen molar-refractivity contribution >= 4 is 5.84 Å². The molecule has 1 unspecified atom stereocenters. The van der Waals surface area contributed by atoms with Gasteiger partial charge in [-0.15, -0.1) is 0 Å². The zero-order valence-electron chi connectivity index (χ0n) is 11.4. The number of aliphatic hydroxyl groups excluding tert-OH is 1. The Bertz CT molecular complexity index is 525. The molecule has 1 saturated heterocycles. The summed E-state index contributed by atoms with van der Waals surface area (Å²) in [5, 5.41) is 15.3. The number of nitrogens with one attached hydrogen (secondary N) is 1. The van der Waals surface area contributed by atoms with Crippen LogP contribution in [-0.4, -0.2) is 37.8 Å². The zero-order chi connectivity index (χ0) is 15.2. The van der Waals surface area contributed by atoms with E-state index < -0.39 is 5.82 Å².